The fourth-order valence-corrected chi connectivity index (χ4v) is 2.11. The molecule has 1 N–H and O–H groups in total. The number of hydrogen-bond acceptors (Lipinski definition) is 2. The van der Waals surface area contributed by atoms with Crippen molar-refractivity contribution in [2.24, 2.45) is 0 Å². The van der Waals surface area contributed by atoms with Crippen LogP contribution in [0.25, 0.3) is 0 Å². The third kappa shape index (κ3) is 4.38. The van der Waals surface area contributed by atoms with Crippen LogP contribution in [0.3, 0.4) is 0 Å². The summed E-state index contributed by atoms with van der Waals surface area (Å²) in [5.74, 6) is 0.135. The molecule has 110 valence electrons. The van der Waals surface area contributed by atoms with E-state index in [4.69, 9.17) is 27.9 Å². The first-order chi connectivity index (χ1) is 10.1. The zero-order valence-corrected chi connectivity index (χ0v) is 13.0. The summed E-state index contributed by atoms with van der Waals surface area (Å²) in [4.78, 5) is 11.8. The first kappa shape index (κ1) is 15.7. The lowest BCUT2D eigenvalue weighted by molar-refractivity contribution is -0.118. The molecular weight excluding hydrogens is 309 g/mol. The van der Waals surface area contributed by atoms with Crippen molar-refractivity contribution in [3.63, 3.8) is 0 Å². The highest BCUT2D eigenvalue weighted by molar-refractivity contribution is 6.42. The molecule has 0 radical (unpaired) electrons. The van der Waals surface area contributed by atoms with E-state index >= 15 is 0 Å². The first-order valence-electron chi connectivity index (χ1n) is 6.55. The predicted octanol–water partition coefficient (Wildman–Crippen LogP) is 4.57. The Hall–Kier alpha value is -1.71. The van der Waals surface area contributed by atoms with E-state index in [1.54, 1.807) is 18.2 Å². The Kier molecular flexibility index (Phi) is 5.48. The molecule has 0 aliphatic carbocycles. The fraction of sp³-hybridized carbons (Fsp3) is 0.188. The molecule has 0 fully saturated rings. The van der Waals surface area contributed by atoms with Crippen LogP contribution in [0.5, 0.6) is 5.75 Å². The topological polar surface area (TPSA) is 38.3 Å². The molecule has 0 aliphatic heterocycles. The molecule has 0 bridgehead atoms. The maximum atomic E-state index is 11.8. The van der Waals surface area contributed by atoms with Crippen molar-refractivity contribution >= 4 is 34.8 Å². The number of aryl methyl sites for hydroxylation is 1. The van der Waals surface area contributed by atoms with Gasteiger partial charge in [0.05, 0.1) is 5.02 Å². The molecule has 0 aromatic heterocycles. The number of benzene rings is 2. The van der Waals surface area contributed by atoms with Gasteiger partial charge in [-0.15, -0.1) is 0 Å². The molecule has 2 rings (SSSR count). The van der Waals surface area contributed by atoms with Gasteiger partial charge in [-0.05, 0) is 36.2 Å². The van der Waals surface area contributed by atoms with E-state index in [1.165, 1.54) is 5.56 Å². The second-order valence-corrected chi connectivity index (χ2v) is 5.22. The number of nitrogens with one attached hydrogen (secondary N) is 1. The molecule has 1 amide bonds. The summed E-state index contributed by atoms with van der Waals surface area (Å²) in [7, 11) is 0. The Morgan fingerprint density at radius 1 is 1.14 bits per heavy atom. The van der Waals surface area contributed by atoms with Crippen molar-refractivity contribution in [3.05, 3.63) is 58.1 Å². The van der Waals surface area contributed by atoms with Crippen molar-refractivity contribution in [1.82, 2.24) is 0 Å². The lowest BCUT2D eigenvalue weighted by atomic mass is 10.1. The van der Waals surface area contributed by atoms with Gasteiger partial charge in [-0.25, -0.2) is 0 Å². The summed E-state index contributed by atoms with van der Waals surface area (Å²) in [6, 6.07) is 12.7. The van der Waals surface area contributed by atoms with Crippen molar-refractivity contribution in [2.45, 2.75) is 13.3 Å². The van der Waals surface area contributed by atoms with Gasteiger partial charge in [0.2, 0.25) is 0 Å². The summed E-state index contributed by atoms with van der Waals surface area (Å²) in [5, 5.41) is 3.46. The summed E-state index contributed by atoms with van der Waals surface area (Å²) < 4.78 is 5.37. The molecule has 2 aromatic rings. The molecule has 5 heteroatoms. The number of carbonyl (C=O) groups excluding carboxylic acids is 1. The van der Waals surface area contributed by atoms with Crippen LogP contribution in [0.2, 0.25) is 10.0 Å². The van der Waals surface area contributed by atoms with Crippen LogP contribution in [0, 0.1) is 0 Å². The normalized spacial score (nSPS) is 10.2. The van der Waals surface area contributed by atoms with Crippen LogP contribution in [0.1, 0.15) is 12.5 Å². The monoisotopic (exact) mass is 323 g/mol. The van der Waals surface area contributed by atoms with Crippen molar-refractivity contribution in [1.29, 1.82) is 0 Å². The molecule has 0 saturated carbocycles. The van der Waals surface area contributed by atoms with E-state index < -0.39 is 0 Å². The Bertz CT molecular complexity index is 627. The Morgan fingerprint density at radius 2 is 1.86 bits per heavy atom. The van der Waals surface area contributed by atoms with E-state index in [1.807, 2.05) is 24.3 Å². The molecule has 0 aliphatic rings. The minimum Gasteiger partial charge on any atom is -0.482 e. The number of halogens is 2. The first-order valence-corrected chi connectivity index (χ1v) is 7.31. The molecule has 21 heavy (non-hydrogen) atoms. The molecule has 0 saturated heterocycles. The average Bonchev–Trinajstić information content (AvgIpc) is 2.49. The van der Waals surface area contributed by atoms with Gasteiger partial charge < -0.3 is 10.1 Å². The van der Waals surface area contributed by atoms with E-state index in [9.17, 15) is 4.79 Å². The van der Waals surface area contributed by atoms with E-state index in [2.05, 4.69) is 12.2 Å². The Balaban J connectivity index is 1.91. The van der Waals surface area contributed by atoms with Gasteiger partial charge in [0.15, 0.2) is 6.61 Å². The predicted molar refractivity (Wildman–Crippen MR) is 86.4 cm³/mol. The second kappa shape index (κ2) is 7.34. The van der Waals surface area contributed by atoms with E-state index in [-0.39, 0.29) is 12.5 Å². The van der Waals surface area contributed by atoms with Gasteiger partial charge in [0.1, 0.15) is 10.8 Å². The zero-order valence-electron chi connectivity index (χ0n) is 11.5. The SMILES string of the molecule is CCc1ccc(NC(=O)COc2cccc(Cl)c2Cl)cc1. The molecule has 0 atom stereocenters. The third-order valence-electron chi connectivity index (χ3n) is 2.92. The summed E-state index contributed by atoms with van der Waals surface area (Å²) in [6.07, 6.45) is 0.963. The second-order valence-electron chi connectivity index (χ2n) is 4.44. The molecule has 0 heterocycles. The smallest absolute Gasteiger partial charge is 0.262 e. The summed E-state index contributed by atoms with van der Waals surface area (Å²) >= 11 is 11.9. The van der Waals surface area contributed by atoms with Crippen LogP contribution >= 0.6 is 23.2 Å². The lowest BCUT2D eigenvalue weighted by Crippen LogP contribution is -2.20. The standard InChI is InChI=1S/C16H15Cl2NO2/c1-2-11-6-8-12(9-7-11)19-15(20)10-21-14-5-3-4-13(17)16(14)18/h3-9H,2,10H2,1H3,(H,19,20). The third-order valence-corrected chi connectivity index (χ3v) is 3.72. The maximum Gasteiger partial charge on any atom is 0.262 e. The van der Waals surface area contributed by atoms with Gasteiger partial charge in [0.25, 0.3) is 5.91 Å². The van der Waals surface area contributed by atoms with Crippen molar-refractivity contribution in [2.75, 3.05) is 11.9 Å². The minimum absolute atomic E-state index is 0.129. The maximum absolute atomic E-state index is 11.8. The van der Waals surface area contributed by atoms with E-state index in [0.717, 1.165) is 12.1 Å². The van der Waals surface area contributed by atoms with Crippen molar-refractivity contribution < 1.29 is 9.53 Å². The van der Waals surface area contributed by atoms with Crippen LogP contribution in [-0.2, 0) is 11.2 Å². The largest absolute Gasteiger partial charge is 0.482 e. The van der Waals surface area contributed by atoms with Gasteiger partial charge >= 0.3 is 0 Å². The van der Waals surface area contributed by atoms with Crippen LogP contribution in [0.15, 0.2) is 42.5 Å². The Labute approximate surface area is 133 Å². The van der Waals surface area contributed by atoms with Crippen molar-refractivity contribution in [3.8, 4) is 5.75 Å². The van der Waals surface area contributed by atoms with Gasteiger partial charge in [-0.1, -0.05) is 48.3 Å². The number of carbonyl (C=O) groups is 1. The number of hydrogen-bond donors (Lipinski definition) is 1. The van der Waals surface area contributed by atoms with Crippen LogP contribution in [-0.4, -0.2) is 12.5 Å². The molecule has 2 aromatic carbocycles. The lowest BCUT2D eigenvalue weighted by Gasteiger charge is -2.09. The van der Waals surface area contributed by atoms with Gasteiger partial charge in [-0.3, -0.25) is 4.79 Å². The Morgan fingerprint density at radius 3 is 2.52 bits per heavy atom. The van der Waals surface area contributed by atoms with Crippen LogP contribution in [0.4, 0.5) is 5.69 Å². The average molecular weight is 324 g/mol. The highest BCUT2D eigenvalue weighted by Crippen LogP contribution is 2.31. The van der Waals surface area contributed by atoms with Gasteiger partial charge in [-0.2, -0.15) is 0 Å². The zero-order chi connectivity index (χ0) is 15.2. The highest BCUT2D eigenvalue weighted by atomic mass is 35.5. The fourth-order valence-electron chi connectivity index (χ4n) is 1.76. The number of anilines is 1. The molecule has 0 unspecified atom stereocenters. The number of ether oxygens (including phenoxy) is 1. The van der Waals surface area contributed by atoms with E-state index in [0.29, 0.717) is 15.8 Å². The highest BCUT2D eigenvalue weighted by Gasteiger charge is 2.08. The quantitative estimate of drug-likeness (QED) is 0.875. The molecular formula is C16H15Cl2NO2. The summed E-state index contributed by atoms with van der Waals surface area (Å²) in [6.45, 7) is 1.95. The number of rotatable bonds is 5. The summed E-state index contributed by atoms with van der Waals surface area (Å²) in [5.41, 5.74) is 1.95. The number of amides is 1. The minimum atomic E-state index is -0.254. The molecule has 0 spiro atoms. The molecule has 3 nitrogen and oxygen atoms in total. The van der Waals surface area contributed by atoms with Crippen LogP contribution < -0.4 is 10.1 Å². The van der Waals surface area contributed by atoms with Gasteiger partial charge in [0, 0.05) is 5.69 Å².